The quantitative estimate of drug-likeness (QED) is 0.921. The fourth-order valence-electron chi connectivity index (χ4n) is 2.16. The number of rotatable bonds is 4. The zero-order chi connectivity index (χ0) is 15.0. The Bertz CT molecular complexity index is 465. The molecule has 1 aliphatic rings. The van der Waals surface area contributed by atoms with E-state index in [1.807, 2.05) is 20.8 Å². The highest BCUT2D eigenvalue weighted by molar-refractivity contribution is 7.11. The second kappa shape index (κ2) is 5.61. The lowest BCUT2D eigenvalue weighted by Crippen LogP contribution is -2.23. The third kappa shape index (κ3) is 3.32. The van der Waals surface area contributed by atoms with Crippen LogP contribution in [0.15, 0.2) is 0 Å². The minimum Gasteiger partial charge on any atom is -0.368 e. The molecule has 20 heavy (non-hydrogen) atoms. The molecule has 1 aromatic rings. The van der Waals surface area contributed by atoms with E-state index in [0.717, 1.165) is 24.2 Å². The molecule has 0 aromatic carbocycles. The molecular formula is C13H19F3N2OS. The van der Waals surface area contributed by atoms with Gasteiger partial charge in [0.05, 0.1) is 4.88 Å². The fourth-order valence-corrected chi connectivity index (χ4v) is 3.32. The molecule has 0 radical (unpaired) electrons. The average molecular weight is 308 g/mol. The second-order valence-corrected chi connectivity index (χ2v) is 6.59. The van der Waals surface area contributed by atoms with Gasteiger partial charge in [-0.25, -0.2) is 4.98 Å². The predicted octanol–water partition coefficient (Wildman–Crippen LogP) is 3.69. The van der Waals surface area contributed by atoms with E-state index in [2.05, 4.69) is 10.3 Å². The van der Waals surface area contributed by atoms with Crippen molar-refractivity contribution >= 4 is 11.3 Å². The number of thiazole rings is 1. The van der Waals surface area contributed by atoms with Crippen molar-refractivity contribution in [2.45, 2.75) is 58.0 Å². The van der Waals surface area contributed by atoms with Crippen LogP contribution in [-0.2, 0) is 23.1 Å². The number of hydrogen-bond acceptors (Lipinski definition) is 4. The van der Waals surface area contributed by atoms with E-state index in [9.17, 15) is 13.2 Å². The van der Waals surface area contributed by atoms with Crippen LogP contribution in [0.2, 0.25) is 0 Å². The lowest BCUT2D eigenvalue weighted by Gasteiger charge is -2.19. The van der Waals surface area contributed by atoms with Gasteiger partial charge < -0.3 is 10.1 Å². The fraction of sp³-hybridized carbons (Fsp3) is 0.769. The van der Waals surface area contributed by atoms with Gasteiger partial charge in [-0.3, -0.25) is 0 Å². The first kappa shape index (κ1) is 15.7. The summed E-state index contributed by atoms with van der Waals surface area (Å²) in [5.74, 6) is 0. The number of nitrogens with one attached hydrogen (secondary N) is 1. The summed E-state index contributed by atoms with van der Waals surface area (Å²) in [4.78, 5) is 4.08. The van der Waals surface area contributed by atoms with E-state index in [4.69, 9.17) is 4.74 Å². The molecule has 1 unspecified atom stereocenters. The molecule has 1 N–H and O–H groups in total. The number of aromatic nitrogens is 1. The third-order valence-electron chi connectivity index (χ3n) is 3.31. The molecule has 114 valence electrons. The minimum absolute atomic E-state index is 0.125. The smallest absolute Gasteiger partial charge is 0.368 e. The van der Waals surface area contributed by atoms with E-state index in [1.54, 1.807) is 0 Å². The molecule has 1 fully saturated rings. The molecule has 2 rings (SSSR count). The van der Waals surface area contributed by atoms with Crippen molar-refractivity contribution < 1.29 is 17.9 Å². The standard InChI is InChI=1S/C13H19F3N2OS/c1-8(2)17-7-9-10(13(14,15)16)18-11(20-9)12(3)5-4-6-19-12/h8,17H,4-7H2,1-3H3. The zero-order valence-electron chi connectivity index (χ0n) is 11.8. The van der Waals surface area contributed by atoms with Gasteiger partial charge in [0.25, 0.3) is 0 Å². The summed E-state index contributed by atoms with van der Waals surface area (Å²) < 4.78 is 44.8. The molecular weight excluding hydrogens is 289 g/mol. The first-order valence-corrected chi connectivity index (χ1v) is 7.49. The van der Waals surface area contributed by atoms with Crippen LogP contribution in [-0.4, -0.2) is 17.6 Å². The van der Waals surface area contributed by atoms with Crippen molar-refractivity contribution in [2.24, 2.45) is 0 Å². The lowest BCUT2D eigenvalue weighted by molar-refractivity contribution is -0.141. The molecule has 0 aliphatic carbocycles. The van der Waals surface area contributed by atoms with Crippen molar-refractivity contribution in [2.75, 3.05) is 6.61 Å². The van der Waals surface area contributed by atoms with E-state index in [-0.39, 0.29) is 17.5 Å². The Balaban J connectivity index is 2.31. The molecule has 0 spiro atoms. The van der Waals surface area contributed by atoms with Crippen LogP contribution in [0.3, 0.4) is 0 Å². The van der Waals surface area contributed by atoms with Gasteiger partial charge in [0.15, 0.2) is 5.69 Å². The Kier molecular flexibility index (Phi) is 4.41. The molecule has 1 aliphatic heterocycles. The van der Waals surface area contributed by atoms with E-state index < -0.39 is 17.5 Å². The van der Waals surface area contributed by atoms with E-state index in [0.29, 0.717) is 11.6 Å². The number of hydrogen-bond donors (Lipinski definition) is 1. The maximum Gasteiger partial charge on any atom is 0.434 e. The van der Waals surface area contributed by atoms with E-state index in [1.165, 1.54) is 0 Å². The van der Waals surface area contributed by atoms with Crippen LogP contribution < -0.4 is 5.32 Å². The Morgan fingerprint density at radius 2 is 2.15 bits per heavy atom. The zero-order valence-corrected chi connectivity index (χ0v) is 12.6. The van der Waals surface area contributed by atoms with Gasteiger partial charge >= 0.3 is 6.18 Å². The molecule has 2 heterocycles. The van der Waals surface area contributed by atoms with Gasteiger partial charge in [0, 0.05) is 19.2 Å². The van der Waals surface area contributed by atoms with Crippen LogP contribution in [0.25, 0.3) is 0 Å². The summed E-state index contributed by atoms with van der Waals surface area (Å²) >= 11 is 1.11. The summed E-state index contributed by atoms with van der Waals surface area (Å²) in [5.41, 5.74) is -1.44. The van der Waals surface area contributed by atoms with Gasteiger partial charge in [-0.2, -0.15) is 13.2 Å². The summed E-state index contributed by atoms with van der Waals surface area (Å²) in [6, 6.07) is 0.125. The first-order valence-electron chi connectivity index (χ1n) is 6.67. The van der Waals surface area contributed by atoms with Crippen molar-refractivity contribution in [3.8, 4) is 0 Å². The summed E-state index contributed by atoms with van der Waals surface area (Å²) in [6.07, 6.45) is -2.84. The number of ether oxygens (including phenoxy) is 1. The average Bonchev–Trinajstić information content (AvgIpc) is 2.92. The summed E-state index contributed by atoms with van der Waals surface area (Å²) in [5, 5.41) is 3.45. The largest absolute Gasteiger partial charge is 0.434 e. The van der Waals surface area contributed by atoms with Gasteiger partial charge in [-0.1, -0.05) is 13.8 Å². The Morgan fingerprint density at radius 3 is 2.65 bits per heavy atom. The van der Waals surface area contributed by atoms with E-state index >= 15 is 0 Å². The molecule has 0 saturated carbocycles. The lowest BCUT2D eigenvalue weighted by atomic mass is 10.0. The number of halogens is 3. The Hall–Kier alpha value is -0.660. The summed E-state index contributed by atoms with van der Waals surface area (Å²) in [6.45, 7) is 6.38. The Morgan fingerprint density at radius 1 is 1.45 bits per heavy atom. The molecule has 0 bridgehead atoms. The van der Waals surface area contributed by atoms with Crippen LogP contribution >= 0.6 is 11.3 Å². The van der Waals surface area contributed by atoms with Gasteiger partial charge in [-0.15, -0.1) is 11.3 Å². The minimum atomic E-state index is -4.42. The van der Waals surface area contributed by atoms with Crippen LogP contribution in [0.1, 0.15) is 49.2 Å². The molecule has 1 saturated heterocycles. The maximum atomic E-state index is 13.1. The van der Waals surface area contributed by atoms with Crippen molar-refractivity contribution in [3.05, 3.63) is 15.6 Å². The molecule has 7 heteroatoms. The first-order chi connectivity index (χ1) is 9.22. The van der Waals surface area contributed by atoms with Crippen LogP contribution in [0.4, 0.5) is 13.2 Å². The predicted molar refractivity (Wildman–Crippen MR) is 71.6 cm³/mol. The number of nitrogens with zero attached hydrogens (tertiary/aromatic N) is 1. The Labute approximate surface area is 120 Å². The van der Waals surface area contributed by atoms with Crippen LogP contribution in [0.5, 0.6) is 0 Å². The highest BCUT2D eigenvalue weighted by atomic mass is 32.1. The van der Waals surface area contributed by atoms with Gasteiger partial charge in [-0.05, 0) is 19.8 Å². The van der Waals surface area contributed by atoms with Crippen molar-refractivity contribution in [1.29, 1.82) is 0 Å². The highest BCUT2D eigenvalue weighted by Gasteiger charge is 2.42. The molecule has 1 atom stereocenters. The second-order valence-electron chi connectivity index (χ2n) is 5.51. The molecule has 3 nitrogen and oxygen atoms in total. The SMILES string of the molecule is CC(C)NCc1sc(C2(C)CCCO2)nc1C(F)(F)F. The van der Waals surface area contributed by atoms with Crippen molar-refractivity contribution in [1.82, 2.24) is 10.3 Å². The maximum absolute atomic E-state index is 13.1. The number of alkyl halides is 3. The normalized spacial score (nSPS) is 23.8. The molecule has 0 amide bonds. The van der Waals surface area contributed by atoms with Crippen LogP contribution in [0, 0.1) is 0 Å². The third-order valence-corrected chi connectivity index (χ3v) is 4.61. The van der Waals surface area contributed by atoms with Crippen molar-refractivity contribution in [3.63, 3.8) is 0 Å². The topological polar surface area (TPSA) is 34.1 Å². The molecule has 1 aromatic heterocycles. The summed E-state index contributed by atoms with van der Waals surface area (Å²) in [7, 11) is 0. The van der Waals surface area contributed by atoms with Gasteiger partial charge in [0.1, 0.15) is 10.6 Å². The van der Waals surface area contributed by atoms with Gasteiger partial charge in [0.2, 0.25) is 0 Å². The monoisotopic (exact) mass is 308 g/mol. The highest BCUT2D eigenvalue weighted by Crippen LogP contribution is 2.42.